The van der Waals surface area contributed by atoms with Gasteiger partial charge in [-0.2, -0.15) is 13.2 Å². The molecule has 0 N–H and O–H groups in total. The van der Waals surface area contributed by atoms with Gasteiger partial charge in [-0.3, -0.25) is 0 Å². The van der Waals surface area contributed by atoms with E-state index in [-0.39, 0.29) is 11.0 Å². The average molecular weight is 286 g/mol. The molecule has 4 atom stereocenters. The van der Waals surface area contributed by atoms with Crippen molar-refractivity contribution in [2.45, 2.75) is 58.5 Å². The van der Waals surface area contributed by atoms with Crippen molar-refractivity contribution >= 4 is 0 Å². The smallest absolute Gasteiger partial charge is 0.166 e. The van der Waals surface area contributed by atoms with Gasteiger partial charge in [0.25, 0.3) is 0 Å². The van der Waals surface area contributed by atoms with Crippen LogP contribution in [0.2, 0.25) is 0 Å². The Bertz CT molecular complexity index is 405. The fourth-order valence-electron chi connectivity index (χ4n) is 4.32. The zero-order valence-corrected chi connectivity index (χ0v) is 12.5. The minimum atomic E-state index is -4.34. The van der Waals surface area contributed by atoms with Gasteiger partial charge in [-0.15, -0.1) is 0 Å². The van der Waals surface area contributed by atoms with Crippen LogP contribution in [0.5, 0.6) is 0 Å². The van der Waals surface area contributed by atoms with E-state index in [1.165, 1.54) is 12.8 Å². The first-order valence-corrected chi connectivity index (χ1v) is 7.56. The van der Waals surface area contributed by atoms with Crippen molar-refractivity contribution in [3.8, 4) is 0 Å². The van der Waals surface area contributed by atoms with Crippen molar-refractivity contribution < 1.29 is 13.2 Å². The Labute approximate surface area is 120 Å². The highest BCUT2D eigenvalue weighted by Crippen LogP contribution is 2.54. The quantitative estimate of drug-likeness (QED) is 0.566. The molecule has 2 rings (SSSR count). The Morgan fingerprint density at radius 2 is 1.85 bits per heavy atom. The summed E-state index contributed by atoms with van der Waals surface area (Å²) in [7, 11) is 0. The molecule has 2 fully saturated rings. The molecule has 20 heavy (non-hydrogen) atoms. The summed E-state index contributed by atoms with van der Waals surface area (Å²) < 4.78 is 38.2. The van der Waals surface area contributed by atoms with Crippen molar-refractivity contribution in [3.05, 3.63) is 24.3 Å². The van der Waals surface area contributed by atoms with Gasteiger partial charge in [-0.25, -0.2) is 0 Å². The maximum atomic E-state index is 12.7. The van der Waals surface area contributed by atoms with Crippen LogP contribution in [0.15, 0.2) is 24.3 Å². The Morgan fingerprint density at radius 1 is 1.20 bits per heavy atom. The molecule has 0 heterocycles. The second-order valence-corrected chi connectivity index (χ2v) is 7.32. The average Bonchev–Trinajstić information content (AvgIpc) is 2.32. The molecule has 2 aliphatic rings. The van der Waals surface area contributed by atoms with Gasteiger partial charge < -0.3 is 0 Å². The third kappa shape index (κ3) is 3.12. The molecular weight excluding hydrogens is 261 g/mol. The summed E-state index contributed by atoms with van der Waals surface area (Å²) in [5.74, 6) is 2.04. The molecule has 0 radical (unpaired) electrons. The molecular formula is C17H25F3. The highest BCUT2D eigenvalue weighted by atomic mass is 19.4. The molecule has 0 saturated heterocycles. The second-order valence-electron chi connectivity index (χ2n) is 7.32. The first-order chi connectivity index (χ1) is 9.12. The lowest BCUT2D eigenvalue weighted by Crippen LogP contribution is -2.39. The summed E-state index contributed by atoms with van der Waals surface area (Å²) in [6, 6.07) is 0. The van der Waals surface area contributed by atoms with Crippen molar-refractivity contribution in [1.29, 1.82) is 0 Å². The predicted molar refractivity (Wildman–Crippen MR) is 76.3 cm³/mol. The lowest BCUT2D eigenvalue weighted by atomic mass is 9.55. The maximum Gasteiger partial charge on any atom is 0.416 e. The van der Waals surface area contributed by atoms with Gasteiger partial charge in [0.05, 0.1) is 5.57 Å². The summed E-state index contributed by atoms with van der Waals surface area (Å²) >= 11 is 0. The number of rotatable bonds is 3. The number of halogens is 3. The third-order valence-electron chi connectivity index (χ3n) is 5.54. The van der Waals surface area contributed by atoms with Crippen molar-refractivity contribution in [1.82, 2.24) is 0 Å². The van der Waals surface area contributed by atoms with Gasteiger partial charge in [-0.1, -0.05) is 27.0 Å². The van der Waals surface area contributed by atoms with Crippen LogP contribution in [0.25, 0.3) is 0 Å². The van der Waals surface area contributed by atoms with E-state index in [0.29, 0.717) is 18.3 Å². The van der Waals surface area contributed by atoms with Crippen LogP contribution in [0.4, 0.5) is 13.2 Å². The lowest BCUT2D eigenvalue weighted by molar-refractivity contribution is -0.0900. The Hall–Kier alpha value is -0.730. The van der Waals surface area contributed by atoms with E-state index in [1.807, 2.05) is 0 Å². The zero-order chi connectivity index (χ0) is 15.1. The van der Waals surface area contributed by atoms with Gasteiger partial charge in [0.2, 0.25) is 0 Å². The van der Waals surface area contributed by atoms with Crippen LogP contribution in [0.1, 0.15) is 52.4 Å². The van der Waals surface area contributed by atoms with E-state index in [9.17, 15) is 13.2 Å². The largest absolute Gasteiger partial charge is 0.416 e. The molecule has 2 bridgehead atoms. The summed E-state index contributed by atoms with van der Waals surface area (Å²) in [4.78, 5) is 0. The number of alkyl halides is 3. The predicted octanol–water partition coefficient (Wildman–Crippen LogP) is 5.90. The fraction of sp³-hybridized carbons (Fsp3) is 0.765. The Kier molecular flexibility index (Phi) is 4.10. The minimum absolute atomic E-state index is 0.0313. The minimum Gasteiger partial charge on any atom is -0.166 e. The summed E-state index contributed by atoms with van der Waals surface area (Å²) in [6.45, 7) is 11.3. The second kappa shape index (κ2) is 5.23. The molecule has 114 valence electrons. The van der Waals surface area contributed by atoms with Crippen LogP contribution < -0.4 is 0 Å². The molecule has 0 aliphatic heterocycles. The topological polar surface area (TPSA) is 0 Å². The van der Waals surface area contributed by atoms with Gasteiger partial charge in [0, 0.05) is 0 Å². The highest BCUT2D eigenvalue weighted by Gasteiger charge is 2.45. The van der Waals surface area contributed by atoms with E-state index >= 15 is 0 Å². The molecule has 0 aromatic rings. The molecule has 2 aliphatic carbocycles. The molecule has 0 amide bonds. The van der Waals surface area contributed by atoms with E-state index < -0.39 is 11.7 Å². The van der Waals surface area contributed by atoms with E-state index in [0.717, 1.165) is 25.2 Å². The molecule has 2 saturated carbocycles. The monoisotopic (exact) mass is 286 g/mol. The first kappa shape index (κ1) is 15.7. The van der Waals surface area contributed by atoms with Crippen LogP contribution in [-0.2, 0) is 0 Å². The zero-order valence-electron chi connectivity index (χ0n) is 12.5. The van der Waals surface area contributed by atoms with Gasteiger partial charge >= 0.3 is 6.18 Å². The van der Waals surface area contributed by atoms with E-state index in [4.69, 9.17) is 0 Å². The van der Waals surface area contributed by atoms with Gasteiger partial charge in [0.1, 0.15) is 0 Å². The van der Waals surface area contributed by atoms with Crippen molar-refractivity contribution in [2.24, 2.45) is 23.2 Å². The van der Waals surface area contributed by atoms with E-state index in [1.54, 1.807) is 0 Å². The van der Waals surface area contributed by atoms with Crippen LogP contribution >= 0.6 is 0 Å². The molecule has 4 unspecified atom stereocenters. The molecule has 0 nitrogen and oxygen atoms in total. The van der Waals surface area contributed by atoms with Crippen LogP contribution in [-0.4, -0.2) is 6.18 Å². The van der Waals surface area contributed by atoms with Crippen LogP contribution in [0, 0.1) is 23.2 Å². The molecule has 0 spiro atoms. The van der Waals surface area contributed by atoms with Gasteiger partial charge in [-0.05, 0) is 67.3 Å². The Balaban J connectivity index is 2.07. The molecule has 0 aromatic heterocycles. The summed E-state index contributed by atoms with van der Waals surface area (Å²) in [5, 5.41) is 0. The van der Waals surface area contributed by atoms with E-state index in [2.05, 4.69) is 27.0 Å². The summed E-state index contributed by atoms with van der Waals surface area (Å²) in [5.41, 5.74) is -0.599. The lowest BCUT2D eigenvalue weighted by Gasteiger charge is -2.50. The van der Waals surface area contributed by atoms with Crippen LogP contribution in [0.3, 0.4) is 0 Å². The molecule has 3 heteroatoms. The maximum absolute atomic E-state index is 12.7. The van der Waals surface area contributed by atoms with Gasteiger partial charge in [0.15, 0.2) is 0 Å². The number of hydrogen-bond acceptors (Lipinski definition) is 0. The number of allylic oxidation sites excluding steroid dienone is 2. The third-order valence-corrected chi connectivity index (χ3v) is 5.54. The van der Waals surface area contributed by atoms with Crippen molar-refractivity contribution in [2.75, 3.05) is 0 Å². The summed E-state index contributed by atoms with van der Waals surface area (Å²) in [6.07, 6.45) is 1.91. The number of hydrogen-bond donors (Lipinski definition) is 0. The van der Waals surface area contributed by atoms with Crippen molar-refractivity contribution in [3.63, 3.8) is 0 Å². The molecule has 0 aromatic carbocycles. The normalized spacial score (nSPS) is 37.5. The number of fused-ring (bicyclic) bond motifs is 2. The first-order valence-electron chi connectivity index (χ1n) is 7.56. The Morgan fingerprint density at radius 3 is 2.45 bits per heavy atom. The fourth-order valence-corrected chi connectivity index (χ4v) is 4.32. The standard InChI is InChI=1S/C17H25F3/c1-11-7-14-5-6-16(4,15(8-11)9-14)10-12(2)13(3)17(18,19)20/h11,14-15H,2-3,5-10H2,1,4H3. The highest BCUT2D eigenvalue weighted by molar-refractivity contribution is 5.30. The SMILES string of the molecule is C=C(CC1(C)CCC2CC(C)CC1C2)C(=C)C(F)(F)F.